The van der Waals surface area contributed by atoms with Crippen molar-refractivity contribution in [3.05, 3.63) is 12.2 Å². The Balaban J connectivity index is 1.75. The van der Waals surface area contributed by atoms with E-state index in [4.69, 9.17) is 10.5 Å². The SMILES string of the molecule is CCOC1CCCN(CC2C=CC(N)C2)C1. The molecule has 0 saturated carbocycles. The Morgan fingerprint density at radius 1 is 1.44 bits per heavy atom. The van der Waals surface area contributed by atoms with Crippen molar-refractivity contribution in [2.45, 2.75) is 38.3 Å². The molecule has 0 aromatic carbocycles. The van der Waals surface area contributed by atoms with Crippen LogP contribution in [-0.2, 0) is 4.74 Å². The average molecular weight is 224 g/mol. The molecule has 2 aliphatic rings. The first-order chi connectivity index (χ1) is 7.78. The van der Waals surface area contributed by atoms with E-state index in [2.05, 4.69) is 24.0 Å². The van der Waals surface area contributed by atoms with Gasteiger partial charge in [-0.1, -0.05) is 12.2 Å². The molecule has 0 aromatic rings. The Bertz CT molecular complexity index is 240. The normalized spacial score (nSPS) is 35.8. The summed E-state index contributed by atoms with van der Waals surface area (Å²) >= 11 is 0. The summed E-state index contributed by atoms with van der Waals surface area (Å²) in [6.45, 7) is 6.41. The van der Waals surface area contributed by atoms with Crippen molar-refractivity contribution in [2.75, 3.05) is 26.2 Å². The number of nitrogens with zero attached hydrogens (tertiary/aromatic N) is 1. The largest absolute Gasteiger partial charge is 0.377 e. The van der Waals surface area contributed by atoms with Crippen LogP contribution in [0, 0.1) is 5.92 Å². The topological polar surface area (TPSA) is 38.5 Å². The molecule has 1 saturated heterocycles. The van der Waals surface area contributed by atoms with Crippen LogP contribution in [0.1, 0.15) is 26.2 Å². The first-order valence-electron chi connectivity index (χ1n) is 6.55. The highest BCUT2D eigenvalue weighted by molar-refractivity contribution is 5.05. The molecule has 2 N–H and O–H groups in total. The third-order valence-electron chi connectivity index (χ3n) is 3.56. The van der Waals surface area contributed by atoms with Crippen molar-refractivity contribution < 1.29 is 4.74 Å². The molecule has 1 aliphatic carbocycles. The van der Waals surface area contributed by atoms with Crippen LogP contribution in [0.2, 0.25) is 0 Å². The van der Waals surface area contributed by atoms with Crippen LogP contribution >= 0.6 is 0 Å². The molecule has 3 heteroatoms. The second-order valence-corrected chi connectivity index (χ2v) is 5.02. The minimum atomic E-state index is 0.289. The van der Waals surface area contributed by atoms with Crippen molar-refractivity contribution in [3.63, 3.8) is 0 Å². The van der Waals surface area contributed by atoms with Crippen molar-refractivity contribution in [1.29, 1.82) is 0 Å². The highest BCUT2D eigenvalue weighted by Gasteiger charge is 2.23. The zero-order valence-electron chi connectivity index (χ0n) is 10.3. The molecule has 3 nitrogen and oxygen atoms in total. The Morgan fingerprint density at radius 2 is 2.31 bits per heavy atom. The number of nitrogens with two attached hydrogens (primary N) is 1. The lowest BCUT2D eigenvalue weighted by molar-refractivity contribution is 0.00335. The predicted octanol–water partition coefficient (Wildman–Crippen LogP) is 1.39. The minimum absolute atomic E-state index is 0.289. The summed E-state index contributed by atoms with van der Waals surface area (Å²) in [5.41, 5.74) is 5.88. The van der Waals surface area contributed by atoms with Crippen LogP contribution in [0.25, 0.3) is 0 Å². The third-order valence-corrected chi connectivity index (χ3v) is 3.56. The van der Waals surface area contributed by atoms with E-state index in [0.717, 1.165) is 26.1 Å². The second kappa shape index (κ2) is 5.80. The van der Waals surface area contributed by atoms with Gasteiger partial charge in [-0.3, -0.25) is 0 Å². The van der Waals surface area contributed by atoms with Gasteiger partial charge in [0.25, 0.3) is 0 Å². The van der Waals surface area contributed by atoms with E-state index in [1.165, 1.54) is 19.4 Å². The van der Waals surface area contributed by atoms with Crippen LogP contribution in [-0.4, -0.2) is 43.3 Å². The quantitative estimate of drug-likeness (QED) is 0.733. The molecule has 2 rings (SSSR count). The average Bonchev–Trinajstić information content (AvgIpc) is 2.65. The zero-order valence-corrected chi connectivity index (χ0v) is 10.3. The van der Waals surface area contributed by atoms with Gasteiger partial charge in [-0.15, -0.1) is 0 Å². The van der Waals surface area contributed by atoms with E-state index in [9.17, 15) is 0 Å². The number of piperidine rings is 1. The predicted molar refractivity (Wildman–Crippen MR) is 66.3 cm³/mol. The highest BCUT2D eigenvalue weighted by atomic mass is 16.5. The van der Waals surface area contributed by atoms with Gasteiger partial charge in [0.15, 0.2) is 0 Å². The standard InChI is InChI=1S/C13H24N2O/c1-2-16-13-4-3-7-15(10-13)9-11-5-6-12(14)8-11/h5-6,11-13H,2-4,7-10,14H2,1H3. The number of rotatable bonds is 4. The summed E-state index contributed by atoms with van der Waals surface area (Å²) in [6.07, 6.45) is 8.51. The molecule has 0 aromatic heterocycles. The Hall–Kier alpha value is -0.380. The van der Waals surface area contributed by atoms with E-state index < -0.39 is 0 Å². The maximum atomic E-state index is 5.88. The van der Waals surface area contributed by atoms with Gasteiger partial charge in [-0.05, 0) is 38.6 Å². The molecule has 0 spiro atoms. The fraction of sp³-hybridized carbons (Fsp3) is 0.846. The second-order valence-electron chi connectivity index (χ2n) is 5.02. The maximum absolute atomic E-state index is 5.88. The molecular weight excluding hydrogens is 200 g/mol. The summed E-state index contributed by atoms with van der Waals surface area (Å²) in [5.74, 6) is 0.662. The summed E-state index contributed by atoms with van der Waals surface area (Å²) in [5, 5.41) is 0. The molecule has 1 aliphatic heterocycles. The molecule has 0 amide bonds. The molecule has 1 fully saturated rings. The van der Waals surface area contributed by atoms with Crippen LogP contribution in [0.5, 0.6) is 0 Å². The first kappa shape index (κ1) is 12.1. The van der Waals surface area contributed by atoms with Crippen molar-refractivity contribution in [3.8, 4) is 0 Å². The van der Waals surface area contributed by atoms with Gasteiger partial charge in [-0.2, -0.15) is 0 Å². The molecule has 0 radical (unpaired) electrons. The monoisotopic (exact) mass is 224 g/mol. The first-order valence-corrected chi connectivity index (χ1v) is 6.55. The van der Waals surface area contributed by atoms with Gasteiger partial charge in [0.1, 0.15) is 0 Å². The van der Waals surface area contributed by atoms with Crippen LogP contribution < -0.4 is 5.73 Å². The molecule has 92 valence electrons. The summed E-state index contributed by atoms with van der Waals surface area (Å²) in [4.78, 5) is 2.54. The lowest BCUT2D eigenvalue weighted by atomic mass is 10.0. The van der Waals surface area contributed by atoms with Crippen LogP contribution in [0.3, 0.4) is 0 Å². The van der Waals surface area contributed by atoms with Crippen LogP contribution in [0.15, 0.2) is 12.2 Å². The summed E-state index contributed by atoms with van der Waals surface area (Å²) in [7, 11) is 0. The minimum Gasteiger partial charge on any atom is -0.377 e. The van der Waals surface area contributed by atoms with Gasteiger partial charge in [0.2, 0.25) is 0 Å². The van der Waals surface area contributed by atoms with Crippen LogP contribution in [0.4, 0.5) is 0 Å². The molecular formula is C13H24N2O. The van der Waals surface area contributed by atoms with Gasteiger partial charge < -0.3 is 15.4 Å². The molecule has 3 unspecified atom stereocenters. The fourth-order valence-electron chi connectivity index (χ4n) is 2.82. The van der Waals surface area contributed by atoms with E-state index in [1.807, 2.05) is 0 Å². The number of hydrogen-bond donors (Lipinski definition) is 1. The number of hydrogen-bond acceptors (Lipinski definition) is 3. The lowest BCUT2D eigenvalue weighted by Crippen LogP contribution is -2.41. The van der Waals surface area contributed by atoms with Gasteiger partial charge >= 0.3 is 0 Å². The van der Waals surface area contributed by atoms with E-state index in [-0.39, 0.29) is 6.04 Å². The van der Waals surface area contributed by atoms with Gasteiger partial charge in [-0.25, -0.2) is 0 Å². The fourth-order valence-corrected chi connectivity index (χ4v) is 2.82. The van der Waals surface area contributed by atoms with Gasteiger partial charge in [0, 0.05) is 25.7 Å². The van der Waals surface area contributed by atoms with E-state index in [1.54, 1.807) is 0 Å². The lowest BCUT2D eigenvalue weighted by Gasteiger charge is -2.33. The van der Waals surface area contributed by atoms with Gasteiger partial charge in [0.05, 0.1) is 6.10 Å². The maximum Gasteiger partial charge on any atom is 0.0702 e. The zero-order chi connectivity index (χ0) is 11.4. The molecule has 1 heterocycles. The number of ether oxygens (including phenoxy) is 1. The Labute approximate surface area is 98.6 Å². The van der Waals surface area contributed by atoms with E-state index >= 15 is 0 Å². The van der Waals surface area contributed by atoms with Crippen molar-refractivity contribution >= 4 is 0 Å². The number of likely N-dealkylation sites (tertiary alicyclic amines) is 1. The summed E-state index contributed by atoms with van der Waals surface area (Å²) < 4.78 is 5.71. The molecule has 16 heavy (non-hydrogen) atoms. The van der Waals surface area contributed by atoms with Crippen molar-refractivity contribution in [2.24, 2.45) is 11.7 Å². The Morgan fingerprint density at radius 3 is 3.00 bits per heavy atom. The van der Waals surface area contributed by atoms with E-state index in [0.29, 0.717) is 12.0 Å². The highest BCUT2D eigenvalue weighted by Crippen LogP contribution is 2.20. The molecule has 0 bridgehead atoms. The van der Waals surface area contributed by atoms with Crippen molar-refractivity contribution in [1.82, 2.24) is 4.90 Å². The third kappa shape index (κ3) is 3.30. The Kier molecular flexibility index (Phi) is 4.38. The molecule has 3 atom stereocenters. The smallest absolute Gasteiger partial charge is 0.0702 e. The summed E-state index contributed by atoms with van der Waals surface area (Å²) in [6, 6.07) is 0.289.